The van der Waals surface area contributed by atoms with E-state index >= 15 is 0 Å². The van der Waals surface area contributed by atoms with Gasteiger partial charge in [-0.05, 0) is 50.1 Å². The molecule has 2 rings (SSSR count). The lowest BCUT2D eigenvalue weighted by atomic mass is 10.1. The summed E-state index contributed by atoms with van der Waals surface area (Å²) in [5.74, 6) is -0.0471. The van der Waals surface area contributed by atoms with Crippen molar-refractivity contribution < 1.29 is 9.59 Å². The monoisotopic (exact) mass is 382 g/mol. The standard InChI is InChI=1S/C22H30N4O2/c1-6-16-11-9-10-12-19(16)24-22(28)23-17-13-14-20(25(4)5)18(15-17)21(27)26(7-2)8-3/h9-15H,6-8H2,1-5H3,(H2,23,24,28). The highest BCUT2D eigenvalue weighted by Gasteiger charge is 2.19. The fourth-order valence-electron chi connectivity index (χ4n) is 3.09. The van der Waals surface area contributed by atoms with E-state index in [4.69, 9.17) is 0 Å². The molecule has 0 spiro atoms. The Balaban J connectivity index is 2.25. The van der Waals surface area contributed by atoms with Gasteiger partial charge in [0.25, 0.3) is 5.91 Å². The minimum atomic E-state index is -0.334. The Bertz CT molecular complexity index is 829. The molecule has 2 aromatic carbocycles. The van der Waals surface area contributed by atoms with Crippen LogP contribution in [0.3, 0.4) is 0 Å². The van der Waals surface area contributed by atoms with E-state index in [1.54, 1.807) is 17.0 Å². The molecule has 0 saturated carbocycles. The molecule has 6 nitrogen and oxygen atoms in total. The predicted octanol–water partition coefficient (Wildman–Crippen LogP) is 4.44. The third-order valence-corrected chi connectivity index (χ3v) is 4.66. The van der Waals surface area contributed by atoms with E-state index in [1.807, 2.05) is 70.1 Å². The van der Waals surface area contributed by atoms with Crippen LogP contribution in [0, 0.1) is 0 Å². The normalized spacial score (nSPS) is 10.3. The maximum atomic E-state index is 12.9. The number of rotatable bonds is 7. The number of hydrogen-bond acceptors (Lipinski definition) is 3. The van der Waals surface area contributed by atoms with Gasteiger partial charge in [-0.1, -0.05) is 25.1 Å². The topological polar surface area (TPSA) is 64.7 Å². The van der Waals surface area contributed by atoms with E-state index in [0.29, 0.717) is 24.3 Å². The van der Waals surface area contributed by atoms with Gasteiger partial charge in [0.05, 0.1) is 5.56 Å². The lowest BCUT2D eigenvalue weighted by molar-refractivity contribution is 0.0773. The van der Waals surface area contributed by atoms with Gasteiger partial charge in [-0.25, -0.2) is 4.79 Å². The van der Waals surface area contributed by atoms with E-state index in [0.717, 1.165) is 23.4 Å². The summed E-state index contributed by atoms with van der Waals surface area (Å²) in [5, 5.41) is 5.72. The van der Waals surface area contributed by atoms with Crippen LogP contribution in [0.4, 0.5) is 21.9 Å². The number of anilines is 3. The summed E-state index contributed by atoms with van der Waals surface area (Å²) in [4.78, 5) is 29.1. The smallest absolute Gasteiger partial charge is 0.323 e. The number of nitrogens with one attached hydrogen (secondary N) is 2. The molecule has 2 aromatic rings. The van der Waals surface area contributed by atoms with Crippen LogP contribution in [0.2, 0.25) is 0 Å². The van der Waals surface area contributed by atoms with Crippen molar-refractivity contribution in [2.75, 3.05) is 42.7 Å². The number of carbonyl (C=O) groups excluding carboxylic acids is 2. The molecule has 28 heavy (non-hydrogen) atoms. The number of benzene rings is 2. The number of carbonyl (C=O) groups is 2. The molecule has 0 aliphatic rings. The molecule has 150 valence electrons. The van der Waals surface area contributed by atoms with Crippen molar-refractivity contribution in [1.29, 1.82) is 0 Å². The van der Waals surface area contributed by atoms with Crippen LogP contribution in [0.5, 0.6) is 0 Å². The van der Waals surface area contributed by atoms with Gasteiger partial charge in [0.2, 0.25) is 0 Å². The van der Waals surface area contributed by atoms with E-state index in [1.165, 1.54) is 0 Å². The highest BCUT2D eigenvalue weighted by atomic mass is 16.2. The van der Waals surface area contributed by atoms with Crippen LogP contribution in [0.1, 0.15) is 36.7 Å². The number of nitrogens with zero attached hydrogens (tertiary/aromatic N) is 2. The van der Waals surface area contributed by atoms with Crippen LogP contribution in [0.25, 0.3) is 0 Å². The van der Waals surface area contributed by atoms with Crippen molar-refractivity contribution in [3.05, 3.63) is 53.6 Å². The molecule has 0 radical (unpaired) electrons. The largest absolute Gasteiger partial charge is 0.377 e. The molecule has 2 N–H and O–H groups in total. The highest BCUT2D eigenvalue weighted by molar-refractivity contribution is 6.04. The fraction of sp³-hybridized carbons (Fsp3) is 0.364. The summed E-state index contributed by atoms with van der Waals surface area (Å²) in [6.45, 7) is 7.22. The van der Waals surface area contributed by atoms with Crippen LogP contribution in [-0.4, -0.2) is 44.0 Å². The third-order valence-electron chi connectivity index (χ3n) is 4.66. The van der Waals surface area contributed by atoms with E-state index in [-0.39, 0.29) is 11.9 Å². The summed E-state index contributed by atoms with van der Waals surface area (Å²) >= 11 is 0. The Morgan fingerprint density at radius 3 is 2.21 bits per heavy atom. The summed E-state index contributed by atoms with van der Waals surface area (Å²) < 4.78 is 0. The van der Waals surface area contributed by atoms with E-state index < -0.39 is 0 Å². The average Bonchev–Trinajstić information content (AvgIpc) is 2.68. The van der Waals surface area contributed by atoms with Crippen LogP contribution >= 0.6 is 0 Å². The van der Waals surface area contributed by atoms with Gasteiger partial charge in [0, 0.05) is 44.2 Å². The van der Waals surface area contributed by atoms with Gasteiger partial charge in [0.15, 0.2) is 0 Å². The van der Waals surface area contributed by atoms with Gasteiger partial charge in [0.1, 0.15) is 0 Å². The first-order valence-electron chi connectivity index (χ1n) is 9.67. The fourth-order valence-corrected chi connectivity index (χ4v) is 3.09. The molecule has 0 heterocycles. The molecule has 6 heteroatoms. The molecule has 0 atom stereocenters. The van der Waals surface area contributed by atoms with Crippen molar-refractivity contribution in [1.82, 2.24) is 4.90 Å². The Hall–Kier alpha value is -3.02. The summed E-state index contributed by atoms with van der Waals surface area (Å²) in [6.07, 6.45) is 0.830. The van der Waals surface area contributed by atoms with Gasteiger partial charge in [-0.2, -0.15) is 0 Å². The SMILES string of the molecule is CCc1ccccc1NC(=O)Nc1ccc(N(C)C)c(C(=O)N(CC)CC)c1. The van der Waals surface area contributed by atoms with Crippen molar-refractivity contribution in [2.45, 2.75) is 27.2 Å². The Labute approximate surface area is 167 Å². The molecule has 0 unspecified atom stereocenters. The maximum Gasteiger partial charge on any atom is 0.323 e. The Morgan fingerprint density at radius 2 is 1.61 bits per heavy atom. The average molecular weight is 383 g/mol. The van der Waals surface area contributed by atoms with Gasteiger partial charge < -0.3 is 20.4 Å². The third kappa shape index (κ3) is 5.03. The van der Waals surface area contributed by atoms with Gasteiger partial charge >= 0.3 is 6.03 Å². The second-order valence-corrected chi connectivity index (χ2v) is 6.69. The van der Waals surface area contributed by atoms with Crippen LogP contribution in [-0.2, 0) is 6.42 Å². The minimum absolute atomic E-state index is 0.0471. The Kier molecular flexibility index (Phi) is 7.44. The summed E-state index contributed by atoms with van der Waals surface area (Å²) in [5.41, 5.74) is 3.82. The molecular weight excluding hydrogens is 352 g/mol. The zero-order chi connectivity index (χ0) is 20.7. The summed E-state index contributed by atoms with van der Waals surface area (Å²) in [6, 6.07) is 12.8. The summed E-state index contributed by atoms with van der Waals surface area (Å²) in [7, 11) is 3.80. The lowest BCUT2D eigenvalue weighted by Crippen LogP contribution is -2.32. The maximum absolute atomic E-state index is 12.9. The second-order valence-electron chi connectivity index (χ2n) is 6.69. The predicted molar refractivity (Wildman–Crippen MR) is 116 cm³/mol. The number of hydrogen-bond donors (Lipinski definition) is 2. The first-order chi connectivity index (χ1) is 13.4. The quantitative estimate of drug-likeness (QED) is 0.744. The van der Waals surface area contributed by atoms with E-state index in [9.17, 15) is 9.59 Å². The number of amides is 3. The van der Waals surface area contributed by atoms with Crippen molar-refractivity contribution in [3.8, 4) is 0 Å². The molecular formula is C22H30N4O2. The van der Waals surface area contributed by atoms with Crippen molar-refractivity contribution in [3.63, 3.8) is 0 Å². The van der Waals surface area contributed by atoms with Gasteiger partial charge in [-0.15, -0.1) is 0 Å². The second kappa shape index (κ2) is 9.78. The molecule has 0 bridgehead atoms. The lowest BCUT2D eigenvalue weighted by Gasteiger charge is -2.23. The first-order valence-corrected chi connectivity index (χ1v) is 9.67. The van der Waals surface area contributed by atoms with Crippen molar-refractivity contribution in [2.24, 2.45) is 0 Å². The molecule has 0 aliphatic carbocycles. The molecule has 0 aromatic heterocycles. The van der Waals surface area contributed by atoms with Gasteiger partial charge in [-0.3, -0.25) is 4.79 Å². The molecule has 0 saturated heterocycles. The Morgan fingerprint density at radius 1 is 0.929 bits per heavy atom. The van der Waals surface area contributed by atoms with E-state index in [2.05, 4.69) is 10.6 Å². The van der Waals surface area contributed by atoms with Crippen LogP contribution < -0.4 is 15.5 Å². The van der Waals surface area contributed by atoms with Crippen molar-refractivity contribution >= 4 is 29.0 Å². The minimum Gasteiger partial charge on any atom is -0.377 e. The number of urea groups is 1. The molecule has 0 aliphatic heterocycles. The number of aryl methyl sites for hydroxylation is 1. The zero-order valence-electron chi connectivity index (χ0n) is 17.4. The molecule has 3 amide bonds. The number of para-hydroxylation sites is 1. The first kappa shape index (κ1) is 21.3. The molecule has 0 fully saturated rings. The zero-order valence-corrected chi connectivity index (χ0v) is 17.4. The van der Waals surface area contributed by atoms with Crippen LogP contribution in [0.15, 0.2) is 42.5 Å². The highest BCUT2D eigenvalue weighted by Crippen LogP contribution is 2.25.